The van der Waals surface area contributed by atoms with Crippen molar-refractivity contribution in [3.8, 4) is 11.4 Å². The fraction of sp³-hybridized carbons (Fsp3) is 0.421. The maximum atomic E-state index is 13.3. The maximum absolute atomic E-state index is 13.3. The summed E-state index contributed by atoms with van der Waals surface area (Å²) in [4.78, 5) is 11.6. The van der Waals surface area contributed by atoms with E-state index in [4.69, 9.17) is 18.8 Å². The van der Waals surface area contributed by atoms with Crippen LogP contribution in [0.3, 0.4) is 0 Å². The Balaban J connectivity index is 1.73. The van der Waals surface area contributed by atoms with Crippen molar-refractivity contribution in [3.05, 3.63) is 30.6 Å². The summed E-state index contributed by atoms with van der Waals surface area (Å²) >= 11 is 0. The molecule has 5 heterocycles. The second-order valence-corrected chi connectivity index (χ2v) is 9.55. The molecule has 10 heteroatoms. The van der Waals surface area contributed by atoms with Gasteiger partial charge in [-0.1, -0.05) is 0 Å². The summed E-state index contributed by atoms with van der Waals surface area (Å²) in [5.41, 5.74) is 2.89. The molecule has 1 N–H and O–H groups in total. The molecule has 29 heavy (non-hydrogen) atoms. The summed E-state index contributed by atoms with van der Waals surface area (Å²) in [7, 11) is -2.36. The van der Waals surface area contributed by atoms with Gasteiger partial charge in [0.25, 0.3) is 0 Å². The van der Waals surface area contributed by atoms with Crippen LogP contribution in [-0.4, -0.2) is 75.4 Å². The smallest absolute Gasteiger partial charge is 0.131 e. The van der Waals surface area contributed by atoms with Crippen molar-refractivity contribution in [3.63, 3.8) is 0 Å². The van der Waals surface area contributed by atoms with E-state index in [1.807, 2.05) is 18.2 Å². The minimum Gasteiger partial charge on any atom is -0.379 e. The van der Waals surface area contributed by atoms with E-state index in [0.717, 1.165) is 35.5 Å². The molecule has 0 saturated carbocycles. The monoisotopic (exact) mass is 414 g/mol. The fourth-order valence-corrected chi connectivity index (χ4v) is 5.24. The van der Waals surface area contributed by atoms with Gasteiger partial charge in [0.15, 0.2) is 0 Å². The van der Waals surface area contributed by atoms with Gasteiger partial charge >= 0.3 is 0 Å². The number of morpholine rings is 1. The van der Waals surface area contributed by atoms with Crippen LogP contribution in [0, 0.1) is 0 Å². The lowest BCUT2D eigenvalue weighted by atomic mass is 10.1. The first kappa shape index (κ1) is 18.5. The molecular formula is C19H22N6O3S. The van der Waals surface area contributed by atoms with Crippen LogP contribution < -0.4 is 4.90 Å². The Hall–Kier alpha value is -2.56. The molecular weight excluding hydrogens is 392 g/mol. The van der Waals surface area contributed by atoms with Crippen molar-refractivity contribution < 1.29 is 13.7 Å². The molecule has 5 rings (SSSR count). The van der Waals surface area contributed by atoms with E-state index in [0.29, 0.717) is 49.3 Å². The van der Waals surface area contributed by atoms with E-state index < -0.39 is 9.73 Å². The molecule has 0 aromatic carbocycles. The first-order valence-electron chi connectivity index (χ1n) is 9.64. The van der Waals surface area contributed by atoms with Gasteiger partial charge < -0.3 is 14.4 Å². The molecule has 9 nitrogen and oxygen atoms in total. The number of hydrogen-bond acceptors (Lipinski definition) is 8. The van der Waals surface area contributed by atoms with Crippen molar-refractivity contribution >= 4 is 32.1 Å². The minimum atomic E-state index is -2.36. The summed E-state index contributed by atoms with van der Waals surface area (Å²) in [6.45, 7) is 3.76. The van der Waals surface area contributed by atoms with E-state index in [1.54, 1.807) is 12.4 Å². The lowest BCUT2D eigenvalue weighted by Gasteiger charge is -2.28. The van der Waals surface area contributed by atoms with Gasteiger partial charge in [0.1, 0.15) is 17.0 Å². The molecule has 3 aromatic rings. The SMILES string of the molecule is O=S1(=Nc2cc(N3CCOCC3)nc3c(-c4ccn[nH]4)nccc23)CCOCC1. The third-order valence-corrected chi connectivity index (χ3v) is 7.28. The molecule has 2 fully saturated rings. The Labute approximate surface area is 168 Å². The van der Waals surface area contributed by atoms with Crippen molar-refractivity contribution in [1.29, 1.82) is 0 Å². The summed E-state index contributed by atoms with van der Waals surface area (Å²) in [6.07, 6.45) is 3.41. The Morgan fingerprint density at radius 3 is 2.62 bits per heavy atom. The largest absolute Gasteiger partial charge is 0.379 e. The summed E-state index contributed by atoms with van der Waals surface area (Å²) in [5, 5.41) is 7.83. The average molecular weight is 414 g/mol. The van der Waals surface area contributed by atoms with Gasteiger partial charge in [0.05, 0.1) is 59.0 Å². The molecule has 152 valence electrons. The second kappa shape index (κ2) is 7.69. The third-order valence-electron chi connectivity index (χ3n) is 5.14. The molecule has 0 bridgehead atoms. The lowest BCUT2D eigenvalue weighted by Crippen LogP contribution is -2.36. The number of ether oxygens (including phenoxy) is 2. The highest BCUT2D eigenvalue weighted by Gasteiger charge is 2.20. The van der Waals surface area contributed by atoms with E-state index in [-0.39, 0.29) is 0 Å². The Morgan fingerprint density at radius 1 is 1.07 bits per heavy atom. The number of rotatable bonds is 3. The van der Waals surface area contributed by atoms with Gasteiger partial charge in [0, 0.05) is 36.9 Å². The standard InChI is InChI=1S/C19H22N6O3S/c26-29(11-9-28-10-12-29)24-16-13-17(25-5-7-27-8-6-25)22-18-14(16)1-3-20-19(18)15-2-4-21-23-15/h1-4,13H,5-12H2,(H,21,23). The molecule has 0 amide bonds. The molecule has 0 aliphatic carbocycles. The lowest BCUT2D eigenvalue weighted by molar-refractivity contribution is 0.122. The number of pyridine rings is 2. The number of H-pyrrole nitrogens is 1. The fourth-order valence-electron chi connectivity index (χ4n) is 3.59. The van der Waals surface area contributed by atoms with Crippen molar-refractivity contribution in [2.45, 2.75) is 0 Å². The Kier molecular flexibility index (Phi) is 4.90. The van der Waals surface area contributed by atoms with Gasteiger partial charge in [-0.2, -0.15) is 9.46 Å². The number of hydrogen-bond donors (Lipinski definition) is 1. The molecule has 2 aliphatic heterocycles. The minimum absolute atomic E-state index is 0.447. The van der Waals surface area contributed by atoms with Gasteiger partial charge in [-0.15, -0.1) is 0 Å². The normalized spacial score (nSPS) is 19.4. The first-order valence-corrected chi connectivity index (χ1v) is 11.5. The predicted octanol–water partition coefficient (Wildman–Crippen LogP) is 1.99. The predicted molar refractivity (Wildman–Crippen MR) is 111 cm³/mol. The molecule has 0 atom stereocenters. The van der Waals surface area contributed by atoms with E-state index in [1.165, 1.54) is 0 Å². The summed E-state index contributed by atoms with van der Waals surface area (Å²) in [5.74, 6) is 1.69. The zero-order valence-electron chi connectivity index (χ0n) is 15.9. The second-order valence-electron chi connectivity index (χ2n) is 7.01. The van der Waals surface area contributed by atoms with Crippen LogP contribution in [0.1, 0.15) is 0 Å². The zero-order valence-corrected chi connectivity index (χ0v) is 16.7. The quantitative estimate of drug-likeness (QED) is 0.699. The third kappa shape index (κ3) is 3.70. The molecule has 2 aliphatic rings. The van der Waals surface area contributed by atoms with Crippen LogP contribution in [0.2, 0.25) is 0 Å². The molecule has 2 saturated heterocycles. The van der Waals surface area contributed by atoms with Gasteiger partial charge in [-0.3, -0.25) is 10.1 Å². The highest BCUT2D eigenvalue weighted by molar-refractivity contribution is 7.93. The van der Waals surface area contributed by atoms with Crippen molar-refractivity contribution in [2.24, 2.45) is 4.36 Å². The number of nitrogens with zero attached hydrogens (tertiary/aromatic N) is 5. The van der Waals surface area contributed by atoms with Gasteiger partial charge in [0.2, 0.25) is 0 Å². The van der Waals surface area contributed by atoms with Crippen LogP contribution in [0.15, 0.2) is 35.0 Å². The maximum Gasteiger partial charge on any atom is 0.131 e. The zero-order chi connectivity index (χ0) is 19.7. The molecule has 0 radical (unpaired) electrons. The topological polar surface area (TPSA) is 106 Å². The van der Waals surface area contributed by atoms with Crippen LogP contribution in [0.4, 0.5) is 11.5 Å². The highest BCUT2D eigenvalue weighted by atomic mass is 32.2. The van der Waals surface area contributed by atoms with Crippen LogP contribution in [-0.2, 0) is 19.2 Å². The van der Waals surface area contributed by atoms with Crippen LogP contribution in [0.5, 0.6) is 0 Å². The van der Waals surface area contributed by atoms with E-state index in [9.17, 15) is 4.21 Å². The van der Waals surface area contributed by atoms with Crippen LogP contribution in [0.25, 0.3) is 22.3 Å². The number of fused-ring (bicyclic) bond motifs is 1. The highest BCUT2D eigenvalue weighted by Crippen LogP contribution is 2.34. The summed E-state index contributed by atoms with van der Waals surface area (Å²) in [6, 6.07) is 5.68. The number of anilines is 1. The summed E-state index contributed by atoms with van der Waals surface area (Å²) < 4.78 is 28.9. The molecule has 0 unspecified atom stereocenters. The first-order chi connectivity index (χ1) is 14.2. The number of nitrogens with one attached hydrogen (secondary N) is 1. The molecule has 3 aromatic heterocycles. The number of aromatic amines is 1. The average Bonchev–Trinajstić information content (AvgIpc) is 3.29. The Morgan fingerprint density at radius 2 is 1.86 bits per heavy atom. The van der Waals surface area contributed by atoms with Gasteiger partial charge in [-0.25, -0.2) is 9.19 Å². The van der Waals surface area contributed by atoms with E-state index >= 15 is 0 Å². The Bertz CT molecular complexity index is 1120. The van der Waals surface area contributed by atoms with Crippen molar-refractivity contribution in [2.75, 3.05) is 55.9 Å². The van der Waals surface area contributed by atoms with E-state index in [2.05, 4.69) is 20.1 Å². The number of aromatic nitrogens is 4. The van der Waals surface area contributed by atoms with Crippen LogP contribution >= 0.6 is 0 Å². The van der Waals surface area contributed by atoms with Crippen molar-refractivity contribution in [1.82, 2.24) is 20.2 Å². The van der Waals surface area contributed by atoms with Gasteiger partial charge in [-0.05, 0) is 12.1 Å². The molecule has 0 spiro atoms.